The van der Waals surface area contributed by atoms with Crippen molar-refractivity contribution in [3.05, 3.63) is 92.5 Å². The minimum Gasteiger partial charge on any atom is -0.452 e. The molecule has 0 saturated carbocycles. The Balaban J connectivity index is 1.38. The molecule has 2 aromatic heterocycles. The summed E-state index contributed by atoms with van der Waals surface area (Å²) < 4.78 is 12.3. The highest BCUT2D eigenvalue weighted by atomic mass is 35.5. The van der Waals surface area contributed by atoms with E-state index in [1.54, 1.807) is 48.0 Å². The Morgan fingerprint density at radius 2 is 1.85 bits per heavy atom. The van der Waals surface area contributed by atoms with E-state index in [4.69, 9.17) is 44.0 Å². The van der Waals surface area contributed by atoms with Gasteiger partial charge in [0.25, 0.3) is 5.89 Å². The molecule has 0 bridgehead atoms. The van der Waals surface area contributed by atoms with Crippen LogP contribution >= 0.6 is 34.8 Å². The van der Waals surface area contributed by atoms with E-state index < -0.39 is 5.97 Å². The Morgan fingerprint density at radius 1 is 1.09 bits per heavy atom. The number of benzene rings is 2. The summed E-state index contributed by atoms with van der Waals surface area (Å²) in [5.41, 5.74) is 2.88. The molecule has 4 aromatic rings. The van der Waals surface area contributed by atoms with Crippen LogP contribution in [0.25, 0.3) is 17.5 Å². The number of hydrogen-bond acceptors (Lipinski definition) is 6. The van der Waals surface area contributed by atoms with Crippen LogP contribution in [0.5, 0.6) is 0 Å². The maximum atomic E-state index is 12.2. The maximum absolute atomic E-state index is 12.2. The molecule has 2 aromatic carbocycles. The second kappa shape index (κ2) is 10.2. The molecule has 0 unspecified atom stereocenters. The second-order valence-corrected chi connectivity index (χ2v) is 8.19. The molecule has 4 rings (SSSR count). The first-order valence-corrected chi connectivity index (χ1v) is 10.9. The fourth-order valence-corrected chi connectivity index (χ4v) is 3.62. The van der Waals surface area contributed by atoms with Crippen LogP contribution in [0.15, 0.2) is 59.0 Å². The molecule has 2 heterocycles. The van der Waals surface area contributed by atoms with E-state index in [1.807, 2.05) is 18.2 Å². The third-order valence-electron chi connectivity index (χ3n) is 4.67. The van der Waals surface area contributed by atoms with Crippen LogP contribution in [0.4, 0.5) is 0 Å². The Labute approximate surface area is 204 Å². The molecule has 0 N–H and O–H groups in total. The van der Waals surface area contributed by atoms with Crippen molar-refractivity contribution in [3.63, 3.8) is 0 Å². The average Bonchev–Trinajstić information content (AvgIpc) is 3.38. The van der Waals surface area contributed by atoms with Crippen LogP contribution in [0, 0.1) is 6.92 Å². The molecule has 0 aliphatic heterocycles. The number of esters is 1. The molecule has 0 fully saturated rings. The largest absolute Gasteiger partial charge is 0.452 e. The van der Waals surface area contributed by atoms with Gasteiger partial charge < -0.3 is 9.15 Å². The zero-order valence-electron chi connectivity index (χ0n) is 17.3. The lowest BCUT2D eigenvalue weighted by Crippen LogP contribution is -2.02. The van der Waals surface area contributed by atoms with Crippen LogP contribution < -0.4 is 0 Å². The van der Waals surface area contributed by atoms with Gasteiger partial charge in [-0.3, -0.25) is 0 Å². The lowest BCUT2D eigenvalue weighted by molar-refractivity contribution is -0.139. The number of carbonyl (C=O) groups is 1. The predicted octanol–water partition coefficient (Wildman–Crippen LogP) is 6.01. The van der Waals surface area contributed by atoms with Crippen molar-refractivity contribution in [1.29, 1.82) is 0 Å². The Kier molecular flexibility index (Phi) is 7.13. The number of carbonyl (C=O) groups excluding carboxylic acids is 1. The summed E-state index contributed by atoms with van der Waals surface area (Å²) in [6, 6.07) is 14.4. The lowest BCUT2D eigenvalue weighted by atomic mass is 10.2. The summed E-state index contributed by atoms with van der Waals surface area (Å²) in [6.45, 7) is 2.05. The molecular formula is C23H17Cl3N4O3. The van der Waals surface area contributed by atoms with Gasteiger partial charge in [-0.05, 0) is 48.9 Å². The van der Waals surface area contributed by atoms with Gasteiger partial charge >= 0.3 is 5.97 Å². The van der Waals surface area contributed by atoms with E-state index in [1.165, 1.54) is 6.08 Å². The molecule has 7 nitrogen and oxygen atoms in total. The molecule has 0 radical (unpaired) electrons. The molecule has 168 valence electrons. The topological polar surface area (TPSA) is 83.0 Å². The Bertz CT molecular complexity index is 1310. The Hall–Kier alpha value is -3.13. The van der Waals surface area contributed by atoms with Gasteiger partial charge in [0.15, 0.2) is 6.61 Å². The summed E-state index contributed by atoms with van der Waals surface area (Å²) in [7, 11) is 0. The summed E-state index contributed by atoms with van der Waals surface area (Å²) in [6.07, 6.45) is 2.83. The average molecular weight is 504 g/mol. The summed E-state index contributed by atoms with van der Waals surface area (Å²) in [5, 5.41) is 13.9. The van der Waals surface area contributed by atoms with Gasteiger partial charge in [0.05, 0.1) is 12.2 Å². The van der Waals surface area contributed by atoms with Crippen molar-refractivity contribution in [3.8, 4) is 11.5 Å². The molecule has 0 spiro atoms. The molecule has 0 aliphatic rings. The van der Waals surface area contributed by atoms with E-state index in [2.05, 4.69) is 15.3 Å². The van der Waals surface area contributed by atoms with E-state index in [0.717, 1.165) is 5.56 Å². The maximum Gasteiger partial charge on any atom is 0.331 e. The zero-order chi connectivity index (χ0) is 23.4. The van der Waals surface area contributed by atoms with E-state index in [-0.39, 0.29) is 12.5 Å². The molecule has 0 atom stereocenters. The van der Waals surface area contributed by atoms with Gasteiger partial charge in [0, 0.05) is 27.2 Å². The lowest BCUT2D eigenvalue weighted by Gasteiger charge is -2.05. The van der Waals surface area contributed by atoms with Crippen molar-refractivity contribution < 1.29 is 13.9 Å². The van der Waals surface area contributed by atoms with Crippen molar-refractivity contribution in [2.45, 2.75) is 20.1 Å². The van der Waals surface area contributed by atoms with Gasteiger partial charge in [-0.15, -0.1) is 10.2 Å². The SMILES string of the molecule is Cc1nn(Cc2ccccc2Cl)c(Cl)c1/C=C/C(=O)OCc1nnc(-c2ccc(Cl)cc2)o1. The van der Waals surface area contributed by atoms with Crippen LogP contribution in [-0.2, 0) is 22.7 Å². The van der Waals surface area contributed by atoms with Gasteiger partial charge in [-0.2, -0.15) is 5.10 Å². The monoisotopic (exact) mass is 502 g/mol. The first-order chi connectivity index (χ1) is 15.9. The molecular weight excluding hydrogens is 487 g/mol. The molecule has 10 heteroatoms. The number of ether oxygens (including phenoxy) is 1. The van der Waals surface area contributed by atoms with Gasteiger partial charge in [0.2, 0.25) is 5.89 Å². The summed E-state index contributed by atoms with van der Waals surface area (Å²) >= 11 is 18.6. The summed E-state index contributed by atoms with van der Waals surface area (Å²) in [5.74, 6) is -0.111. The van der Waals surface area contributed by atoms with Crippen LogP contribution in [0.1, 0.15) is 22.7 Å². The molecule has 0 saturated heterocycles. The minimum absolute atomic E-state index is 0.164. The highest BCUT2D eigenvalue weighted by Crippen LogP contribution is 2.24. The van der Waals surface area contributed by atoms with Gasteiger partial charge in [-0.1, -0.05) is 53.0 Å². The molecule has 33 heavy (non-hydrogen) atoms. The van der Waals surface area contributed by atoms with Crippen LogP contribution in [-0.4, -0.2) is 25.9 Å². The van der Waals surface area contributed by atoms with Crippen molar-refractivity contribution in [2.24, 2.45) is 0 Å². The van der Waals surface area contributed by atoms with Crippen molar-refractivity contribution in [2.75, 3.05) is 0 Å². The third kappa shape index (κ3) is 5.63. The zero-order valence-corrected chi connectivity index (χ0v) is 19.6. The second-order valence-electron chi connectivity index (χ2n) is 6.99. The minimum atomic E-state index is -0.587. The normalized spacial score (nSPS) is 11.3. The Morgan fingerprint density at radius 3 is 2.61 bits per heavy atom. The highest BCUT2D eigenvalue weighted by Gasteiger charge is 2.14. The number of aryl methyl sites for hydroxylation is 1. The highest BCUT2D eigenvalue weighted by molar-refractivity contribution is 6.32. The smallest absolute Gasteiger partial charge is 0.331 e. The van der Waals surface area contributed by atoms with Crippen LogP contribution in [0.2, 0.25) is 15.2 Å². The standard InChI is InChI=1S/C23H17Cl3N4O3/c1-14-18(22(26)30(29-14)12-16-4-2-3-5-19(16)25)10-11-21(31)32-13-20-27-28-23(33-20)15-6-8-17(24)9-7-15/h2-11H,12-13H2,1H3/b11-10+. The molecule has 0 amide bonds. The number of rotatable bonds is 7. The van der Waals surface area contributed by atoms with Crippen molar-refractivity contribution in [1.82, 2.24) is 20.0 Å². The van der Waals surface area contributed by atoms with Crippen molar-refractivity contribution >= 4 is 46.8 Å². The molecule has 0 aliphatic carbocycles. The fraction of sp³-hybridized carbons (Fsp3) is 0.130. The van der Waals surface area contributed by atoms with Gasteiger partial charge in [-0.25, -0.2) is 9.48 Å². The third-order valence-corrected chi connectivity index (χ3v) is 5.69. The first-order valence-electron chi connectivity index (χ1n) is 9.80. The number of hydrogen-bond donors (Lipinski definition) is 0. The summed E-state index contributed by atoms with van der Waals surface area (Å²) in [4.78, 5) is 12.2. The quantitative estimate of drug-likeness (QED) is 0.227. The van der Waals surface area contributed by atoms with E-state index in [9.17, 15) is 4.79 Å². The number of aromatic nitrogens is 4. The van der Waals surface area contributed by atoms with E-state index >= 15 is 0 Å². The fourth-order valence-electron chi connectivity index (χ4n) is 3.00. The van der Waals surface area contributed by atoms with E-state index in [0.29, 0.717) is 44.5 Å². The predicted molar refractivity (Wildman–Crippen MR) is 126 cm³/mol. The van der Waals surface area contributed by atoms with Crippen LogP contribution in [0.3, 0.4) is 0 Å². The number of nitrogens with zero attached hydrogens (tertiary/aromatic N) is 4. The van der Waals surface area contributed by atoms with Gasteiger partial charge in [0.1, 0.15) is 5.15 Å². The number of halogens is 3. The first kappa shape index (κ1) is 23.0.